The molecule has 140 valence electrons. The Hall–Kier alpha value is -0.870. The zero-order valence-electron chi connectivity index (χ0n) is 15.7. The lowest BCUT2D eigenvalue weighted by Crippen LogP contribution is -2.58. The fraction of sp³-hybridized carbons (Fsp3) is 0.857. The molecule has 0 bridgehead atoms. The summed E-state index contributed by atoms with van der Waals surface area (Å²) in [4.78, 5) is 11.7. The molecule has 25 heavy (non-hydrogen) atoms. The second-order valence-electron chi connectivity index (χ2n) is 9.38. The van der Waals surface area contributed by atoms with E-state index in [-0.39, 0.29) is 34.9 Å². The molecule has 0 aromatic heterocycles. The standard InChI is InChI=1S/C21H32O4/c1-12(22)25-18-6-4-5-13-11-16(23)19-14-7-8-17(24)20(14,2)10-9-15(19)21(13,18)3/h11,14-19,23-24H,4-10H2,1-3H3/t14-,15-,16-,17-,18?,19-,20-,21-/m0/s1. The van der Waals surface area contributed by atoms with Crippen LogP contribution in [0, 0.1) is 28.6 Å². The van der Waals surface area contributed by atoms with Gasteiger partial charge >= 0.3 is 5.97 Å². The van der Waals surface area contributed by atoms with E-state index in [0.29, 0.717) is 11.8 Å². The van der Waals surface area contributed by atoms with E-state index < -0.39 is 6.10 Å². The maximum absolute atomic E-state index is 11.7. The summed E-state index contributed by atoms with van der Waals surface area (Å²) in [5.41, 5.74) is 1.05. The largest absolute Gasteiger partial charge is 0.462 e. The third-order valence-electron chi connectivity index (χ3n) is 8.40. The topological polar surface area (TPSA) is 66.8 Å². The molecule has 0 aromatic rings. The van der Waals surface area contributed by atoms with Crippen LogP contribution in [0.5, 0.6) is 0 Å². The fourth-order valence-corrected chi connectivity index (χ4v) is 7.04. The molecule has 3 saturated carbocycles. The third-order valence-corrected chi connectivity index (χ3v) is 8.40. The lowest BCUT2D eigenvalue weighted by atomic mass is 9.47. The Balaban J connectivity index is 1.75. The highest BCUT2D eigenvalue weighted by atomic mass is 16.5. The molecule has 4 rings (SSSR count). The quantitative estimate of drug-likeness (QED) is 0.564. The van der Waals surface area contributed by atoms with Crippen LogP contribution in [0.3, 0.4) is 0 Å². The summed E-state index contributed by atoms with van der Waals surface area (Å²) >= 11 is 0. The average Bonchev–Trinajstić information content (AvgIpc) is 2.85. The molecule has 0 aromatic carbocycles. The molecule has 0 amide bonds. The van der Waals surface area contributed by atoms with Gasteiger partial charge in [-0.1, -0.05) is 25.5 Å². The number of carbonyl (C=O) groups excluding carboxylic acids is 1. The first-order valence-corrected chi connectivity index (χ1v) is 10.0. The molecular formula is C21H32O4. The minimum Gasteiger partial charge on any atom is -0.462 e. The van der Waals surface area contributed by atoms with Gasteiger partial charge in [0, 0.05) is 12.3 Å². The summed E-state index contributed by atoms with van der Waals surface area (Å²) in [6, 6.07) is 0. The number of aliphatic hydroxyl groups excluding tert-OH is 2. The number of carbonyl (C=O) groups is 1. The van der Waals surface area contributed by atoms with Gasteiger partial charge in [0.25, 0.3) is 0 Å². The summed E-state index contributed by atoms with van der Waals surface area (Å²) in [6.45, 7) is 5.98. The smallest absolute Gasteiger partial charge is 0.302 e. The summed E-state index contributed by atoms with van der Waals surface area (Å²) in [5, 5.41) is 21.6. The first kappa shape index (κ1) is 17.5. The second kappa shape index (κ2) is 5.82. The molecule has 2 N–H and O–H groups in total. The predicted molar refractivity (Wildman–Crippen MR) is 94.7 cm³/mol. The van der Waals surface area contributed by atoms with Crippen LogP contribution in [0.1, 0.15) is 65.7 Å². The van der Waals surface area contributed by atoms with Crippen molar-refractivity contribution >= 4 is 5.97 Å². The summed E-state index contributed by atoms with van der Waals surface area (Å²) in [7, 11) is 0. The maximum atomic E-state index is 11.7. The van der Waals surface area contributed by atoms with Crippen LogP contribution in [-0.2, 0) is 9.53 Å². The van der Waals surface area contributed by atoms with E-state index in [1.54, 1.807) is 0 Å². The van der Waals surface area contributed by atoms with Crippen LogP contribution < -0.4 is 0 Å². The first-order valence-electron chi connectivity index (χ1n) is 10.0. The van der Waals surface area contributed by atoms with Crippen LogP contribution in [0.4, 0.5) is 0 Å². The molecule has 4 nitrogen and oxygen atoms in total. The third kappa shape index (κ3) is 2.36. The van der Waals surface area contributed by atoms with Gasteiger partial charge in [0.05, 0.1) is 12.2 Å². The van der Waals surface area contributed by atoms with E-state index in [2.05, 4.69) is 19.9 Å². The molecule has 0 heterocycles. The molecule has 0 spiro atoms. The molecule has 0 radical (unpaired) electrons. The minimum absolute atomic E-state index is 0.0740. The highest BCUT2D eigenvalue weighted by Crippen LogP contribution is 2.65. The molecule has 0 saturated heterocycles. The zero-order chi connectivity index (χ0) is 18.0. The monoisotopic (exact) mass is 348 g/mol. The molecule has 3 fully saturated rings. The first-order chi connectivity index (χ1) is 11.8. The van der Waals surface area contributed by atoms with Crippen molar-refractivity contribution in [2.24, 2.45) is 28.6 Å². The lowest BCUT2D eigenvalue weighted by Gasteiger charge is -2.59. The number of ether oxygens (including phenoxy) is 1. The van der Waals surface area contributed by atoms with Gasteiger partial charge in [-0.25, -0.2) is 0 Å². The van der Waals surface area contributed by atoms with Crippen molar-refractivity contribution in [1.29, 1.82) is 0 Å². The van der Waals surface area contributed by atoms with Crippen LogP contribution in [0.15, 0.2) is 11.6 Å². The van der Waals surface area contributed by atoms with Crippen molar-refractivity contribution in [3.05, 3.63) is 11.6 Å². The molecule has 4 aliphatic rings. The molecule has 4 aliphatic carbocycles. The molecular weight excluding hydrogens is 316 g/mol. The van der Waals surface area contributed by atoms with E-state index in [1.807, 2.05) is 0 Å². The Morgan fingerprint density at radius 1 is 1.16 bits per heavy atom. The maximum Gasteiger partial charge on any atom is 0.302 e. The minimum atomic E-state index is -0.431. The highest BCUT2D eigenvalue weighted by Gasteiger charge is 2.62. The van der Waals surface area contributed by atoms with Crippen LogP contribution in [0.25, 0.3) is 0 Å². The van der Waals surface area contributed by atoms with Crippen LogP contribution in [0.2, 0.25) is 0 Å². The van der Waals surface area contributed by atoms with Crippen molar-refractivity contribution in [3.63, 3.8) is 0 Å². The molecule has 0 aliphatic heterocycles. The number of esters is 1. The van der Waals surface area contributed by atoms with Crippen LogP contribution in [-0.4, -0.2) is 34.5 Å². The Morgan fingerprint density at radius 3 is 2.64 bits per heavy atom. The summed E-state index contributed by atoms with van der Waals surface area (Å²) < 4.78 is 5.79. The van der Waals surface area contributed by atoms with Crippen molar-refractivity contribution < 1.29 is 19.7 Å². The summed E-state index contributed by atoms with van der Waals surface area (Å²) in [6.07, 6.45) is 8.08. The van der Waals surface area contributed by atoms with E-state index in [0.717, 1.165) is 44.9 Å². The molecule has 8 atom stereocenters. The van der Waals surface area contributed by atoms with Crippen LogP contribution >= 0.6 is 0 Å². The van der Waals surface area contributed by atoms with E-state index in [9.17, 15) is 15.0 Å². The Kier molecular flexibility index (Phi) is 4.08. The van der Waals surface area contributed by atoms with Gasteiger partial charge < -0.3 is 14.9 Å². The number of fused-ring (bicyclic) bond motifs is 5. The zero-order valence-corrected chi connectivity index (χ0v) is 15.7. The Bertz CT molecular complexity index is 599. The number of hydrogen-bond acceptors (Lipinski definition) is 4. The fourth-order valence-electron chi connectivity index (χ4n) is 7.04. The Morgan fingerprint density at radius 2 is 1.92 bits per heavy atom. The second-order valence-corrected chi connectivity index (χ2v) is 9.38. The van der Waals surface area contributed by atoms with Crippen molar-refractivity contribution in [1.82, 2.24) is 0 Å². The average molecular weight is 348 g/mol. The molecule has 4 heteroatoms. The predicted octanol–water partition coefficient (Wildman–Crippen LogP) is 3.21. The van der Waals surface area contributed by atoms with E-state index in [1.165, 1.54) is 12.5 Å². The van der Waals surface area contributed by atoms with Gasteiger partial charge in [0.2, 0.25) is 0 Å². The normalized spacial score (nSPS) is 51.8. The number of aliphatic hydroxyl groups is 2. The van der Waals surface area contributed by atoms with Gasteiger partial charge in [-0.2, -0.15) is 0 Å². The van der Waals surface area contributed by atoms with Gasteiger partial charge in [-0.3, -0.25) is 4.79 Å². The number of hydrogen-bond donors (Lipinski definition) is 2. The van der Waals surface area contributed by atoms with Gasteiger partial charge in [-0.05, 0) is 68.1 Å². The number of rotatable bonds is 1. The summed E-state index contributed by atoms with van der Waals surface area (Å²) in [5.74, 6) is 0.647. The van der Waals surface area contributed by atoms with Gasteiger partial charge in [0.15, 0.2) is 0 Å². The van der Waals surface area contributed by atoms with Gasteiger partial charge in [-0.15, -0.1) is 0 Å². The lowest BCUT2D eigenvalue weighted by molar-refractivity contribution is -0.167. The Labute approximate surface area is 150 Å². The van der Waals surface area contributed by atoms with Crippen molar-refractivity contribution in [2.75, 3.05) is 0 Å². The highest BCUT2D eigenvalue weighted by molar-refractivity contribution is 5.66. The molecule has 1 unspecified atom stereocenters. The SMILES string of the molecule is CC(=O)OC1CCCC2=C[C@H](O)[C@H]3[C@@H]4CC[C@H](O)[C@@]4(C)CC[C@@H]3[C@]21C. The van der Waals surface area contributed by atoms with Gasteiger partial charge in [0.1, 0.15) is 6.10 Å². The van der Waals surface area contributed by atoms with E-state index in [4.69, 9.17) is 4.74 Å². The van der Waals surface area contributed by atoms with Crippen molar-refractivity contribution in [2.45, 2.75) is 84.0 Å². The van der Waals surface area contributed by atoms with Crippen molar-refractivity contribution in [3.8, 4) is 0 Å². The van der Waals surface area contributed by atoms with E-state index >= 15 is 0 Å².